The number of rotatable bonds is 5. The number of nitrogens with zero attached hydrogens (tertiary/aromatic N) is 4. The summed E-state index contributed by atoms with van der Waals surface area (Å²) in [5, 5.41) is 4.30. The van der Waals surface area contributed by atoms with Crippen molar-refractivity contribution in [2.24, 2.45) is 0 Å². The van der Waals surface area contributed by atoms with Gasteiger partial charge in [0.05, 0.1) is 19.8 Å². The van der Waals surface area contributed by atoms with Crippen molar-refractivity contribution in [1.29, 1.82) is 0 Å². The summed E-state index contributed by atoms with van der Waals surface area (Å²) < 4.78 is 13.6. The molecule has 0 bridgehead atoms. The van der Waals surface area contributed by atoms with E-state index < -0.39 is 0 Å². The lowest BCUT2D eigenvalue weighted by Gasteiger charge is -2.38. The number of aromatic nitrogens is 3. The first-order valence-electron chi connectivity index (χ1n) is 8.07. The first kappa shape index (κ1) is 14.9. The molecule has 0 aromatic carbocycles. The molecule has 0 radical (unpaired) electrons. The van der Waals surface area contributed by atoms with Crippen LogP contribution in [0.1, 0.15) is 44.9 Å². The fourth-order valence-corrected chi connectivity index (χ4v) is 3.43. The van der Waals surface area contributed by atoms with E-state index in [1.807, 2.05) is 4.68 Å². The molecule has 0 N–H and O–H groups in total. The molecule has 0 unspecified atom stereocenters. The van der Waals surface area contributed by atoms with Crippen LogP contribution in [0.3, 0.4) is 0 Å². The smallest absolute Gasteiger partial charge is 0.168 e. The van der Waals surface area contributed by atoms with Gasteiger partial charge >= 0.3 is 0 Å². The van der Waals surface area contributed by atoms with Crippen LogP contribution in [-0.4, -0.2) is 51.8 Å². The van der Waals surface area contributed by atoms with E-state index in [-0.39, 0.29) is 5.79 Å². The highest BCUT2D eigenvalue weighted by molar-refractivity contribution is 4.90. The highest BCUT2D eigenvalue weighted by Gasteiger charge is 2.41. The van der Waals surface area contributed by atoms with Gasteiger partial charge in [0.25, 0.3) is 0 Å². The molecule has 6 heteroatoms. The van der Waals surface area contributed by atoms with Crippen molar-refractivity contribution in [3.63, 3.8) is 0 Å². The maximum atomic E-state index is 5.80. The quantitative estimate of drug-likeness (QED) is 0.829. The molecule has 1 aromatic rings. The van der Waals surface area contributed by atoms with Gasteiger partial charge in [0.15, 0.2) is 5.79 Å². The van der Waals surface area contributed by atoms with Gasteiger partial charge in [-0.05, 0) is 26.3 Å². The summed E-state index contributed by atoms with van der Waals surface area (Å²) in [5.41, 5.74) is 0. The Hall–Kier alpha value is -0.980. The van der Waals surface area contributed by atoms with Crippen LogP contribution in [0.2, 0.25) is 0 Å². The number of hydrogen-bond donors (Lipinski definition) is 0. The summed E-state index contributed by atoms with van der Waals surface area (Å²) in [6.45, 7) is 5.47. The summed E-state index contributed by atoms with van der Waals surface area (Å²) in [6, 6.07) is 0.579. The zero-order chi connectivity index (χ0) is 14.7. The molecule has 2 fully saturated rings. The Labute approximate surface area is 126 Å². The van der Waals surface area contributed by atoms with E-state index in [0.717, 1.165) is 64.2 Å². The molecular formula is C15H26N4O2. The molecule has 6 nitrogen and oxygen atoms in total. The Bertz CT molecular complexity index is 446. The second kappa shape index (κ2) is 6.42. The van der Waals surface area contributed by atoms with Gasteiger partial charge in [-0.15, -0.1) is 0 Å². The minimum Gasteiger partial charge on any atom is -0.348 e. The van der Waals surface area contributed by atoms with Crippen molar-refractivity contribution in [2.75, 3.05) is 20.3 Å². The Balaban J connectivity index is 1.54. The molecule has 1 aliphatic carbocycles. The van der Waals surface area contributed by atoms with E-state index in [1.54, 1.807) is 6.33 Å². The standard InChI is InChI=1S/C15H26N4O2/c1-3-8-19-14(16-12-17-19)11-18(2)13-4-6-15(7-5-13)20-9-10-21-15/h12-13H,3-11H2,1-2H3. The molecule has 2 aliphatic rings. The van der Waals surface area contributed by atoms with Gasteiger partial charge in [-0.1, -0.05) is 6.92 Å². The molecule has 1 saturated heterocycles. The minimum atomic E-state index is -0.264. The highest BCUT2D eigenvalue weighted by Crippen LogP contribution is 2.37. The van der Waals surface area contributed by atoms with Crippen molar-refractivity contribution in [1.82, 2.24) is 19.7 Å². The van der Waals surface area contributed by atoms with Crippen LogP contribution in [0.4, 0.5) is 0 Å². The van der Waals surface area contributed by atoms with Crippen molar-refractivity contribution in [3.05, 3.63) is 12.2 Å². The lowest BCUT2D eigenvalue weighted by atomic mass is 9.89. The normalized spacial score (nSPS) is 22.4. The molecular weight excluding hydrogens is 268 g/mol. The topological polar surface area (TPSA) is 52.4 Å². The maximum absolute atomic E-state index is 5.80. The van der Waals surface area contributed by atoms with Crippen LogP contribution < -0.4 is 0 Å². The number of hydrogen-bond acceptors (Lipinski definition) is 5. The lowest BCUT2D eigenvalue weighted by Crippen LogP contribution is -2.42. The third-order valence-corrected chi connectivity index (χ3v) is 4.68. The highest BCUT2D eigenvalue weighted by atomic mass is 16.7. The second-order valence-corrected chi connectivity index (χ2v) is 6.15. The van der Waals surface area contributed by atoms with Crippen LogP contribution in [-0.2, 0) is 22.6 Å². The number of ether oxygens (including phenoxy) is 2. The second-order valence-electron chi connectivity index (χ2n) is 6.15. The summed E-state index contributed by atoms with van der Waals surface area (Å²) in [7, 11) is 2.18. The molecule has 0 amide bonds. The van der Waals surface area contributed by atoms with Gasteiger partial charge in [0.2, 0.25) is 0 Å². The van der Waals surface area contributed by atoms with Crippen molar-refractivity contribution in [3.8, 4) is 0 Å². The van der Waals surface area contributed by atoms with Crippen molar-refractivity contribution < 1.29 is 9.47 Å². The van der Waals surface area contributed by atoms with Gasteiger partial charge in [-0.2, -0.15) is 5.10 Å². The Morgan fingerprint density at radius 2 is 2.05 bits per heavy atom. The Kier molecular flexibility index (Phi) is 4.57. The van der Waals surface area contributed by atoms with E-state index in [9.17, 15) is 0 Å². The largest absolute Gasteiger partial charge is 0.348 e. The maximum Gasteiger partial charge on any atom is 0.168 e. The zero-order valence-electron chi connectivity index (χ0n) is 13.1. The van der Waals surface area contributed by atoms with Gasteiger partial charge in [-0.25, -0.2) is 9.67 Å². The predicted octanol–water partition coefficient (Wildman–Crippen LogP) is 1.81. The van der Waals surface area contributed by atoms with Gasteiger partial charge in [-0.3, -0.25) is 4.90 Å². The van der Waals surface area contributed by atoms with Crippen LogP contribution in [0, 0.1) is 0 Å². The average Bonchev–Trinajstić information content (AvgIpc) is 3.11. The number of aryl methyl sites for hydroxylation is 1. The van der Waals surface area contributed by atoms with Crippen LogP contribution >= 0.6 is 0 Å². The van der Waals surface area contributed by atoms with Crippen LogP contribution in [0.5, 0.6) is 0 Å². The minimum absolute atomic E-state index is 0.264. The van der Waals surface area contributed by atoms with E-state index in [0.29, 0.717) is 6.04 Å². The van der Waals surface area contributed by atoms with Gasteiger partial charge in [0, 0.05) is 25.4 Å². The fraction of sp³-hybridized carbons (Fsp3) is 0.867. The summed E-state index contributed by atoms with van der Waals surface area (Å²) >= 11 is 0. The fourth-order valence-electron chi connectivity index (χ4n) is 3.43. The summed E-state index contributed by atoms with van der Waals surface area (Å²) in [5.74, 6) is 0.799. The molecule has 2 heterocycles. The SMILES string of the molecule is CCCn1ncnc1CN(C)C1CCC2(CC1)OCCO2. The first-order valence-corrected chi connectivity index (χ1v) is 8.07. The molecule has 118 valence electrons. The molecule has 21 heavy (non-hydrogen) atoms. The molecule has 1 spiro atoms. The predicted molar refractivity (Wildman–Crippen MR) is 78.7 cm³/mol. The monoisotopic (exact) mass is 294 g/mol. The van der Waals surface area contributed by atoms with E-state index in [2.05, 4.69) is 29.0 Å². The van der Waals surface area contributed by atoms with Crippen LogP contribution in [0.15, 0.2) is 6.33 Å². The van der Waals surface area contributed by atoms with E-state index in [4.69, 9.17) is 9.47 Å². The molecule has 1 saturated carbocycles. The Morgan fingerprint density at radius 3 is 2.71 bits per heavy atom. The summed E-state index contributed by atoms with van der Waals surface area (Å²) in [4.78, 5) is 6.80. The van der Waals surface area contributed by atoms with Gasteiger partial charge in [0.1, 0.15) is 12.2 Å². The third-order valence-electron chi connectivity index (χ3n) is 4.68. The molecule has 1 aliphatic heterocycles. The van der Waals surface area contributed by atoms with Gasteiger partial charge < -0.3 is 9.47 Å². The van der Waals surface area contributed by atoms with Crippen LogP contribution in [0.25, 0.3) is 0 Å². The molecule has 3 rings (SSSR count). The Morgan fingerprint density at radius 1 is 1.33 bits per heavy atom. The average molecular weight is 294 g/mol. The lowest BCUT2D eigenvalue weighted by molar-refractivity contribution is -0.183. The van der Waals surface area contributed by atoms with Crippen molar-refractivity contribution >= 4 is 0 Å². The zero-order valence-corrected chi connectivity index (χ0v) is 13.1. The summed E-state index contributed by atoms with van der Waals surface area (Å²) in [6.07, 6.45) is 7.00. The van der Waals surface area contributed by atoms with E-state index >= 15 is 0 Å². The molecule has 1 aromatic heterocycles. The molecule has 0 atom stereocenters. The third kappa shape index (κ3) is 3.27. The first-order chi connectivity index (χ1) is 10.2. The van der Waals surface area contributed by atoms with Crippen molar-refractivity contribution in [2.45, 2.75) is 63.9 Å². The van der Waals surface area contributed by atoms with E-state index in [1.165, 1.54) is 0 Å².